The third-order valence-corrected chi connectivity index (χ3v) is 4.74. The van der Waals surface area contributed by atoms with Crippen molar-refractivity contribution in [1.29, 1.82) is 0 Å². The summed E-state index contributed by atoms with van der Waals surface area (Å²) in [6.45, 7) is -0.119. The van der Waals surface area contributed by atoms with Crippen LogP contribution in [0.1, 0.15) is 0 Å². The van der Waals surface area contributed by atoms with Crippen LogP contribution in [-0.4, -0.2) is 26.2 Å². The van der Waals surface area contributed by atoms with Crippen molar-refractivity contribution in [2.75, 3.05) is 5.32 Å². The van der Waals surface area contributed by atoms with Gasteiger partial charge in [0.2, 0.25) is 5.91 Å². The van der Waals surface area contributed by atoms with E-state index in [9.17, 15) is 13.6 Å². The highest BCUT2D eigenvalue weighted by Gasteiger charge is 2.18. The third-order valence-electron chi connectivity index (χ3n) is 4.04. The molecule has 1 N–H and O–H groups in total. The molecule has 4 rings (SSSR count). The van der Waals surface area contributed by atoms with Crippen LogP contribution in [0.2, 0.25) is 0 Å². The number of carbonyl (C=O) groups is 1. The number of imidazole rings is 1. The number of aromatic nitrogens is 3. The summed E-state index contributed by atoms with van der Waals surface area (Å²) in [6.07, 6.45) is 1.68. The van der Waals surface area contributed by atoms with Gasteiger partial charge in [0.05, 0.1) is 22.2 Å². The molecule has 0 aliphatic carbocycles. The number of rotatable bonds is 5. The van der Waals surface area contributed by atoms with Crippen LogP contribution in [-0.2, 0) is 11.3 Å². The Kier molecular flexibility index (Phi) is 4.72. The second-order valence-corrected chi connectivity index (χ2v) is 6.73. The highest BCUT2D eigenvalue weighted by atomic mass is 32.2. The summed E-state index contributed by atoms with van der Waals surface area (Å²) in [5, 5.41) is 3.77. The van der Waals surface area contributed by atoms with E-state index in [1.54, 1.807) is 48.7 Å². The normalized spacial score (nSPS) is 11.4. The van der Waals surface area contributed by atoms with Gasteiger partial charge in [0.15, 0.2) is 5.16 Å². The lowest BCUT2D eigenvalue weighted by atomic mass is 10.2. The van der Waals surface area contributed by atoms with E-state index >= 15 is 0 Å². The van der Waals surface area contributed by atoms with E-state index in [-0.39, 0.29) is 17.6 Å². The van der Waals surface area contributed by atoms with Crippen molar-refractivity contribution in [2.24, 2.45) is 0 Å². The standard InChI is InChI=1S/C19H14F2N4OS/c20-18(21)27-19-24-15-6-1-2-9-16(15)25(19)11-17(26)23-14-8-3-7-13-12(14)5-4-10-22-13/h1-10,18H,11H2,(H,23,26). The van der Waals surface area contributed by atoms with Crippen LogP contribution in [0.3, 0.4) is 0 Å². The molecule has 27 heavy (non-hydrogen) atoms. The highest BCUT2D eigenvalue weighted by Crippen LogP contribution is 2.29. The average molecular weight is 384 g/mol. The molecule has 2 aromatic heterocycles. The lowest BCUT2D eigenvalue weighted by molar-refractivity contribution is -0.116. The number of nitrogens with zero attached hydrogens (tertiary/aromatic N) is 3. The van der Waals surface area contributed by atoms with Crippen LogP contribution < -0.4 is 5.32 Å². The number of thioether (sulfide) groups is 1. The molecule has 2 aromatic carbocycles. The Hall–Kier alpha value is -3.00. The first kappa shape index (κ1) is 17.4. The molecule has 1 amide bonds. The maximum Gasteiger partial charge on any atom is 0.291 e. The molecule has 0 aliphatic heterocycles. The van der Waals surface area contributed by atoms with Gasteiger partial charge in [0.25, 0.3) is 5.76 Å². The number of alkyl halides is 2. The Bertz CT molecular complexity index is 1120. The van der Waals surface area contributed by atoms with E-state index in [1.807, 2.05) is 12.1 Å². The van der Waals surface area contributed by atoms with Crippen molar-refractivity contribution >= 4 is 45.3 Å². The molecule has 0 aliphatic rings. The van der Waals surface area contributed by atoms with Gasteiger partial charge in [-0.25, -0.2) is 4.98 Å². The van der Waals surface area contributed by atoms with Crippen LogP contribution in [0.15, 0.2) is 66.0 Å². The van der Waals surface area contributed by atoms with Crippen LogP contribution in [0, 0.1) is 0 Å². The van der Waals surface area contributed by atoms with Gasteiger partial charge in [0.1, 0.15) is 6.54 Å². The Balaban J connectivity index is 1.64. The second kappa shape index (κ2) is 7.32. The van der Waals surface area contributed by atoms with Crippen molar-refractivity contribution in [3.8, 4) is 0 Å². The van der Waals surface area contributed by atoms with Gasteiger partial charge in [-0.1, -0.05) is 18.2 Å². The summed E-state index contributed by atoms with van der Waals surface area (Å²) in [5.41, 5.74) is 2.59. The SMILES string of the molecule is O=C(Cn1c(SC(F)F)nc2ccccc21)Nc1cccc2ncccc12. The van der Waals surface area contributed by atoms with Crippen molar-refractivity contribution in [2.45, 2.75) is 17.5 Å². The molecule has 5 nitrogen and oxygen atoms in total. The Morgan fingerprint density at radius 1 is 1.07 bits per heavy atom. The number of carbonyl (C=O) groups excluding carboxylic acids is 1. The van der Waals surface area contributed by atoms with E-state index in [2.05, 4.69) is 15.3 Å². The first-order valence-electron chi connectivity index (χ1n) is 8.15. The molecule has 0 bridgehead atoms. The summed E-state index contributed by atoms with van der Waals surface area (Å²) < 4.78 is 27.3. The van der Waals surface area contributed by atoms with Crippen molar-refractivity contribution in [1.82, 2.24) is 14.5 Å². The van der Waals surface area contributed by atoms with Gasteiger partial charge >= 0.3 is 0 Å². The number of amides is 1. The van der Waals surface area contributed by atoms with Crippen LogP contribution in [0.5, 0.6) is 0 Å². The number of para-hydroxylation sites is 2. The summed E-state index contributed by atoms with van der Waals surface area (Å²) >= 11 is 0.330. The zero-order valence-electron chi connectivity index (χ0n) is 14.0. The number of anilines is 1. The van der Waals surface area contributed by atoms with Gasteiger partial charge in [-0.2, -0.15) is 8.78 Å². The zero-order valence-corrected chi connectivity index (χ0v) is 14.8. The van der Waals surface area contributed by atoms with Gasteiger partial charge in [0, 0.05) is 11.6 Å². The minimum atomic E-state index is -2.62. The molecule has 0 atom stereocenters. The smallest absolute Gasteiger partial charge is 0.291 e. The molecule has 2 heterocycles. The Morgan fingerprint density at radius 3 is 2.74 bits per heavy atom. The molecule has 0 fully saturated rings. The van der Waals surface area contributed by atoms with Gasteiger partial charge in [-0.3, -0.25) is 9.78 Å². The number of benzene rings is 2. The number of hydrogen-bond acceptors (Lipinski definition) is 4. The lowest BCUT2D eigenvalue weighted by Gasteiger charge is -2.11. The van der Waals surface area contributed by atoms with Crippen molar-refractivity contribution < 1.29 is 13.6 Å². The van der Waals surface area contributed by atoms with E-state index in [4.69, 9.17) is 0 Å². The maximum atomic E-state index is 12.9. The predicted molar refractivity (Wildman–Crippen MR) is 102 cm³/mol. The van der Waals surface area contributed by atoms with Crippen LogP contribution in [0.25, 0.3) is 21.9 Å². The fourth-order valence-corrected chi connectivity index (χ4v) is 3.52. The Morgan fingerprint density at radius 2 is 1.89 bits per heavy atom. The number of nitrogens with one attached hydrogen (secondary N) is 1. The summed E-state index contributed by atoms with van der Waals surface area (Å²) in [5.74, 6) is -2.95. The fraction of sp³-hybridized carbons (Fsp3) is 0.105. The number of pyridine rings is 1. The largest absolute Gasteiger partial charge is 0.324 e. The van der Waals surface area contributed by atoms with Crippen molar-refractivity contribution in [3.63, 3.8) is 0 Å². The predicted octanol–water partition coefficient (Wildman–Crippen LogP) is 4.54. The molecule has 0 radical (unpaired) electrons. The highest BCUT2D eigenvalue weighted by molar-refractivity contribution is 7.99. The molecule has 0 unspecified atom stereocenters. The van der Waals surface area contributed by atoms with Gasteiger partial charge in [-0.15, -0.1) is 0 Å². The molecule has 0 saturated carbocycles. The third kappa shape index (κ3) is 3.61. The second-order valence-electron chi connectivity index (χ2n) is 5.77. The molecular weight excluding hydrogens is 370 g/mol. The van der Waals surface area contributed by atoms with Crippen LogP contribution in [0.4, 0.5) is 14.5 Å². The maximum absolute atomic E-state index is 12.9. The summed E-state index contributed by atoms with van der Waals surface area (Å²) in [7, 11) is 0. The zero-order chi connectivity index (χ0) is 18.8. The van der Waals surface area contributed by atoms with Crippen LogP contribution >= 0.6 is 11.8 Å². The first-order valence-corrected chi connectivity index (χ1v) is 9.03. The van der Waals surface area contributed by atoms with Crippen molar-refractivity contribution in [3.05, 3.63) is 60.8 Å². The molecule has 0 spiro atoms. The van der Waals surface area contributed by atoms with Gasteiger partial charge in [-0.05, 0) is 48.2 Å². The fourth-order valence-electron chi connectivity index (χ4n) is 2.92. The molecule has 0 saturated heterocycles. The molecule has 8 heteroatoms. The minimum absolute atomic E-state index is 0.112. The number of halogens is 2. The molecule has 136 valence electrons. The summed E-state index contributed by atoms with van der Waals surface area (Å²) in [4.78, 5) is 21.1. The minimum Gasteiger partial charge on any atom is -0.324 e. The monoisotopic (exact) mass is 384 g/mol. The quantitative estimate of drug-likeness (QED) is 0.513. The topological polar surface area (TPSA) is 59.8 Å². The van der Waals surface area contributed by atoms with E-state index in [0.717, 1.165) is 10.9 Å². The summed E-state index contributed by atoms with van der Waals surface area (Å²) in [6, 6.07) is 16.1. The lowest BCUT2D eigenvalue weighted by Crippen LogP contribution is -2.19. The Labute approximate surface area is 157 Å². The molecule has 4 aromatic rings. The number of fused-ring (bicyclic) bond motifs is 2. The first-order chi connectivity index (χ1) is 13.1. The number of hydrogen-bond donors (Lipinski definition) is 1. The van der Waals surface area contributed by atoms with Gasteiger partial charge < -0.3 is 9.88 Å². The van der Waals surface area contributed by atoms with E-state index in [1.165, 1.54) is 4.57 Å². The van der Waals surface area contributed by atoms with E-state index < -0.39 is 5.76 Å². The average Bonchev–Trinajstić information content (AvgIpc) is 2.98. The van der Waals surface area contributed by atoms with E-state index in [0.29, 0.717) is 28.5 Å². The molecular formula is C19H14F2N4OS.